The van der Waals surface area contributed by atoms with E-state index in [0.717, 1.165) is 0 Å². The number of phenols is 2. The number of aromatic nitrogens is 2. The molecular weight excluding hydrogens is 272 g/mol. The maximum absolute atomic E-state index is 9.88. The average Bonchev–Trinajstić information content (AvgIpc) is 2.97. The Morgan fingerprint density at radius 3 is 2.71 bits per heavy atom. The van der Waals surface area contributed by atoms with E-state index in [9.17, 15) is 10.2 Å². The van der Waals surface area contributed by atoms with E-state index >= 15 is 0 Å². The van der Waals surface area contributed by atoms with Crippen LogP contribution in [0.1, 0.15) is 0 Å². The van der Waals surface area contributed by atoms with Crippen LogP contribution in [0.3, 0.4) is 0 Å². The first-order valence-electron chi connectivity index (χ1n) is 6.18. The Kier molecular flexibility index (Phi) is 3.19. The monoisotopic (exact) mass is 284 g/mol. The van der Waals surface area contributed by atoms with Crippen LogP contribution in [-0.2, 0) is 0 Å². The number of hydrogen-bond donors (Lipinski definition) is 2. The van der Waals surface area contributed by atoms with Crippen LogP contribution in [0.4, 0.5) is 0 Å². The lowest BCUT2D eigenvalue weighted by molar-refractivity contribution is 0.408. The molecular formula is C15H12N2O4. The van der Waals surface area contributed by atoms with Gasteiger partial charge in [-0.15, -0.1) is 0 Å². The SMILES string of the molecule is COc1ccc(O)c(-c2nc(-c3cccc(O)c3)no2)c1. The van der Waals surface area contributed by atoms with Crippen molar-refractivity contribution in [3.05, 3.63) is 42.5 Å². The first-order valence-corrected chi connectivity index (χ1v) is 6.18. The lowest BCUT2D eigenvalue weighted by Gasteiger charge is -2.02. The molecule has 106 valence electrons. The summed E-state index contributed by atoms with van der Waals surface area (Å²) in [4.78, 5) is 4.22. The van der Waals surface area contributed by atoms with Gasteiger partial charge in [0.15, 0.2) is 0 Å². The van der Waals surface area contributed by atoms with Crippen molar-refractivity contribution in [2.24, 2.45) is 0 Å². The highest BCUT2D eigenvalue weighted by atomic mass is 16.5. The molecule has 21 heavy (non-hydrogen) atoms. The third kappa shape index (κ3) is 2.51. The van der Waals surface area contributed by atoms with E-state index in [4.69, 9.17) is 9.26 Å². The minimum absolute atomic E-state index is 0.0157. The summed E-state index contributed by atoms with van der Waals surface area (Å²) in [6, 6.07) is 11.2. The third-order valence-electron chi connectivity index (χ3n) is 2.96. The Labute approximate surface area is 120 Å². The zero-order chi connectivity index (χ0) is 14.8. The van der Waals surface area contributed by atoms with Crippen molar-refractivity contribution < 1.29 is 19.5 Å². The fraction of sp³-hybridized carbons (Fsp3) is 0.0667. The summed E-state index contributed by atoms with van der Waals surface area (Å²) in [5, 5.41) is 23.2. The summed E-state index contributed by atoms with van der Waals surface area (Å²) in [5.74, 6) is 1.19. The van der Waals surface area contributed by atoms with Crippen molar-refractivity contribution in [3.63, 3.8) is 0 Å². The van der Waals surface area contributed by atoms with Gasteiger partial charge in [-0.2, -0.15) is 4.98 Å². The molecule has 0 spiro atoms. The highest BCUT2D eigenvalue weighted by molar-refractivity contribution is 5.67. The quantitative estimate of drug-likeness (QED) is 0.768. The van der Waals surface area contributed by atoms with Crippen LogP contribution in [0, 0.1) is 0 Å². The largest absolute Gasteiger partial charge is 0.508 e. The number of rotatable bonds is 3. The second kappa shape index (κ2) is 5.16. The van der Waals surface area contributed by atoms with E-state index < -0.39 is 0 Å². The van der Waals surface area contributed by atoms with Gasteiger partial charge in [-0.1, -0.05) is 17.3 Å². The van der Waals surface area contributed by atoms with Crippen LogP contribution >= 0.6 is 0 Å². The zero-order valence-corrected chi connectivity index (χ0v) is 11.1. The number of benzene rings is 2. The smallest absolute Gasteiger partial charge is 0.262 e. The first kappa shape index (κ1) is 13.0. The molecule has 3 rings (SSSR count). The van der Waals surface area contributed by atoms with Crippen molar-refractivity contribution in [1.29, 1.82) is 0 Å². The van der Waals surface area contributed by atoms with Crippen LogP contribution in [0.15, 0.2) is 47.0 Å². The van der Waals surface area contributed by atoms with E-state index in [2.05, 4.69) is 10.1 Å². The lowest BCUT2D eigenvalue weighted by atomic mass is 10.2. The van der Waals surface area contributed by atoms with E-state index in [1.54, 1.807) is 30.3 Å². The molecule has 0 amide bonds. The molecule has 6 heteroatoms. The Bertz CT molecular complexity index is 783. The predicted molar refractivity (Wildman–Crippen MR) is 75.1 cm³/mol. The second-order valence-corrected chi connectivity index (χ2v) is 4.36. The molecule has 0 saturated heterocycles. The fourth-order valence-electron chi connectivity index (χ4n) is 1.91. The van der Waals surface area contributed by atoms with Crippen molar-refractivity contribution in [1.82, 2.24) is 10.1 Å². The molecule has 0 radical (unpaired) electrons. The maximum Gasteiger partial charge on any atom is 0.262 e. The first-order chi connectivity index (χ1) is 10.2. The second-order valence-electron chi connectivity index (χ2n) is 4.36. The summed E-state index contributed by atoms with van der Waals surface area (Å²) in [6.07, 6.45) is 0. The third-order valence-corrected chi connectivity index (χ3v) is 2.96. The number of hydrogen-bond acceptors (Lipinski definition) is 6. The molecule has 0 bridgehead atoms. The van der Waals surface area contributed by atoms with Crippen molar-refractivity contribution in [2.45, 2.75) is 0 Å². The van der Waals surface area contributed by atoms with Gasteiger partial charge in [0.2, 0.25) is 5.82 Å². The summed E-state index contributed by atoms with van der Waals surface area (Å²) in [6.45, 7) is 0. The molecule has 2 aromatic carbocycles. The van der Waals surface area contributed by atoms with Gasteiger partial charge in [0.1, 0.15) is 17.2 Å². The number of aromatic hydroxyl groups is 2. The van der Waals surface area contributed by atoms with Gasteiger partial charge >= 0.3 is 0 Å². The van der Waals surface area contributed by atoms with Crippen LogP contribution in [-0.4, -0.2) is 27.5 Å². The summed E-state index contributed by atoms with van der Waals surface area (Å²) < 4.78 is 10.3. The highest BCUT2D eigenvalue weighted by Crippen LogP contribution is 2.32. The molecule has 3 aromatic rings. The summed E-state index contributed by atoms with van der Waals surface area (Å²) in [7, 11) is 1.53. The summed E-state index contributed by atoms with van der Waals surface area (Å²) >= 11 is 0. The van der Waals surface area contributed by atoms with Crippen LogP contribution in [0.25, 0.3) is 22.8 Å². The van der Waals surface area contributed by atoms with Gasteiger partial charge in [-0.05, 0) is 30.3 Å². The molecule has 0 saturated carbocycles. The van der Waals surface area contributed by atoms with E-state index in [-0.39, 0.29) is 17.4 Å². The molecule has 1 aromatic heterocycles. The van der Waals surface area contributed by atoms with Crippen LogP contribution in [0.2, 0.25) is 0 Å². The predicted octanol–water partition coefficient (Wildman–Crippen LogP) is 2.82. The van der Waals surface area contributed by atoms with Crippen molar-refractivity contribution in [2.75, 3.05) is 7.11 Å². The van der Waals surface area contributed by atoms with Crippen LogP contribution in [0.5, 0.6) is 17.2 Å². The van der Waals surface area contributed by atoms with E-state index in [0.29, 0.717) is 22.7 Å². The van der Waals surface area contributed by atoms with Gasteiger partial charge in [0, 0.05) is 5.56 Å². The highest BCUT2D eigenvalue weighted by Gasteiger charge is 2.15. The van der Waals surface area contributed by atoms with Crippen LogP contribution < -0.4 is 4.74 Å². The van der Waals surface area contributed by atoms with E-state index in [1.165, 1.54) is 19.2 Å². The van der Waals surface area contributed by atoms with Gasteiger partial charge < -0.3 is 19.5 Å². The number of ether oxygens (including phenoxy) is 1. The van der Waals surface area contributed by atoms with E-state index in [1.807, 2.05) is 0 Å². The van der Waals surface area contributed by atoms with Gasteiger partial charge in [0.05, 0.1) is 12.7 Å². The molecule has 2 N–H and O–H groups in total. The molecule has 0 aliphatic carbocycles. The minimum atomic E-state index is 0.0157. The maximum atomic E-state index is 9.88. The lowest BCUT2D eigenvalue weighted by Crippen LogP contribution is -1.85. The molecule has 0 unspecified atom stereocenters. The normalized spacial score (nSPS) is 10.5. The Hall–Kier alpha value is -3.02. The minimum Gasteiger partial charge on any atom is -0.508 e. The molecule has 6 nitrogen and oxygen atoms in total. The molecule has 0 aliphatic rings. The molecule has 1 heterocycles. The Morgan fingerprint density at radius 1 is 1.10 bits per heavy atom. The molecule has 0 aliphatic heterocycles. The van der Waals surface area contributed by atoms with Gasteiger partial charge in [-0.3, -0.25) is 0 Å². The number of phenolic OH excluding ortho intramolecular Hbond substituents is 2. The standard InChI is InChI=1S/C15H12N2O4/c1-20-11-5-6-13(19)12(8-11)15-16-14(17-21-15)9-3-2-4-10(18)7-9/h2-8,18-19H,1H3. The van der Waals surface area contributed by atoms with Gasteiger partial charge in [-0.25, -0.2) is 0 Å². The van der Waals surface area contributed by atoms with Crippen molar-refractivity contribution in [3.8, 4) is 40.1 Å². The fourth-order valence-corrected chi connectivity index (χ4v) is 1.91. The topological polar surface area (TPSA) is 88.6 Å². The van der Waals surface area contributed by atoms with Crippen molar-refractivity contribution >= 4 is 0 Å². The Balaban J connectivity index is 2.02. The number of methoxy groups -OCH3 is 1. The summed E-state index contributed by atoms with van der Waals surface area (Å²) in [5.41, 5.74) is 1.00. The average molecular weight is 284 g/mol. The Morgan fingerprint density at radius 2 is 1.95 bits per heavy atom. The van der Waals surface area contributed by atoms with Gasteiger partial charge in [0.25, 0.3) is 5.89 Å². The number of nitrogens with zero attached hydrogens (tertiary/aromatic N) is 2. The molecule has 0 fully saturated rings. The molecule has 0 atom stereocenters. The zero-order valence-electron chi connectivity index (χ0n) is 11.1.